The Morgan fingerprint density at radius 1 is 0.907 bits per heavy atom. The highest BCUT2D eigenvalue weighted by Crippen LogP contribution is 2.20. The smallest absolute Gasteiger partial charge is 0.303 e. The number of carbonyl (C=O) groups excluding carboxylic acids is 5. The maximum absolute atomic E-state index is 13.2. The van der Waals surface area contributed by atoms with Gasteiger partial charge in [0.1, 0.15) is 24.2 Å². The molecule has 43 heavy (non-hydrogen) atoms. The van der Waals surface area contributed by atoms with Gasteiger partial charge in [-0.05, 0) is 45.2 Å². The molecule has 1 aliphatic rings. The van der Waals surface area contributed by atoms with E-state index in [1.165, 1.54) is 30.9 Å². The number of benzene rings is 1. The lowest BCUT2D eigenvalue weighted by Gasteiger charge is -2.29. The fourth-order valence-electron chi connectivity index (χ4n) is 4.25. The normalized spacial score (nSPS) is 16.2. The molecule has 1 aromatic rings. The number of nitro groups is 1. The molecule has 1 aliphatic heterocycles. The highest BCUT2D eigenvalue weighted by atomic mass is 16.6. The maximum atomic E-state index is 13.2. The Hall–Kier alpha value is -5.09. The zero-order valence-electron chi connectivity index (χ0n) is 23.5. The Kier molecular flexibility index (Phi) is 12.5. The number of nitrogens with one attached hydrogen (secondary N) is 4. The molecule has 4 unspecified atom stereocenters. The van der Waals surface area contributed by atoms with Crippen LogP contribution in [0.1, 0.15) is 52.4 Å². The summed E-state index contributed by atoms with van der Waals surface area (Å²) in [6.07, 6.45) is -0.795. The first kappa shape index (κ1) is 34.1. The Balaban J connectivity index is 2.03. The van der Waals surface area contributed by atoms with Crippen LogP contribution >= 0.6 is 0 Å². The van der Waals surface area contributed by atoms with Gasteiger partial charge in [0.2, 0.25) is 29.5 Å². The number of hydrogen-bond acceptors (Lipinski definition) is 9. The van der Waals surface area contributed by atoms with Gasteiger partial charge in [-0.2, -0.15) is 0 Å². The van der Waals surface area contributed by atoms with Crippen molar-refractivity contribution >= 4 is 52.8 Å². The summed E-state index contributed by atoms with van der Waals surface area (Å²) in [5.74, 6) is -5.83. The number of carboxylic acid groups (broad SMARTS) is 2. The highest BCUT2D eigenvalue weighted by Gasteiger charge is 2.38. The lowest BCUT2D eigenvalue weighted by atomic mass is 10.1. The zero-order chi connectivity index (χ0) is 32.3. The molecule has 0 spiro atoms. The van der Waals surface area contributed by atoms with E-state index in [1.54, 1.807) is 0 Å². The molecule has 0 aromatic heterocycles. The summed E-state index contributed by atoms with van der Waals surface area (Å²) in [7, 11) is 0. The number of hydrogen-bond donors (Lipinski definition) is 6. The van der Waals surface area contributed by atoms with Crippen molar-refractivity contribution < 1.29 is 48.7 Å². The molecule has 17 heteroatoms. The summed E-state index contributed by atoms with van der Waals surface area (Å²) >= 11 is 0. The number of aliphatic carboxylic acids is 2. The van der Waals surface area contributed by atoms with E-state index in [9.17, 15) is 43.7 Å². The third kappa shape index (κ3) is 10.7. The van der Waals surface area contributed by atoms with Crippen molar-refractivity contribution in [3.8, 4) is 0 Å². The molecule has 0 saturated carbocycles. The lowest BCUT2D eigenvalue weighted by molar-refractivity contribution is -0.384. The van der Waals surface area contributed by atoms with Crippen LogP contribution in [0.5, 0.6) is 0 Å². The largest absolute Gasteiger partial charge is 0.481 e. The monoisotopic (exact) mass is 606 g/mol. The summed E-state index contributed by atoms with van der Waals surface area (Å²) < 4.78 is 0. The standard InChI is InChI=1S/C26H34N6O11/c1-14(27-20(33)10-12-22(36)37)23(38)28-15(2)26(41)31-13-3-4-19(31)25(40)30-18(9-11-21(34)35)24(39)29-16-5-7-17(8-6-16)32(42)43/h5-8,14-15,18-19H,3-4,9-13H2,1-2H3,(H,27,33)(H,28,38)(H,29,39)(H,30,40)(H,34,35)(H,36,37). The molecular formula is C26H34N6O11. The van der Waals surface area contributed by atoms with Crippen LogP contribution in [0.3, 0.4) is 0 Å². The van der Waals surface area contributed by atoms with E-state index in [-0.39, 0.29) is 37.2 Å². The number of carbonyl (C=O) groups is 7. The van der Waals surface area contributed by atoms with E-state index < -0.39 is 83.4 Å². The van der Waals surface area contributed by atoms with Crippen LogP contribution in [0.25, 0.3) is 0 Å². The van der Waals surface area contributed by atoms with Crippen LogP contribution in [-0.2, 0) is 33.6 Å². The van der Waals surface area contributed by atoms with Crippen molar-refractivity contribution in [3.05, 3.63) is 34.4 Å². The molecule has 4 atom stereocenters. The van der Waals surface area contributed by atoms with Crippen molar-refractivity contribution in [2.75, 3.05) is 11.9 Å². The van der Waals surface area contributed by atoms with Crippen LogP contribution in [0.4, 0.5) is 11.4 Å². The van der Waals surface area contributed by atoms with E-state index in [1.807, 2.05) is 0 Å². The van der Waals surface area contributed by atoms with Crippen molar-refractivity contribution in [1.29, 1.82) is 0 Å². The quantitative estimate of drug-likeness (QED) is 0.112. The first-order valence-electron chi connectivity index (χ1n) is 13.4. The van der Waals surface area contributed by atoms with Gasteiger partial charge in [0, 0.05) is 37.2 Å². The van der Waals surface area contributed by atoms with Gasteiger partial charge in [-0.3, -0.25) is 43.7 Å². The third-order valence-corrected chi connectivity index (χ3v) is 6.53. The molecule has 0 aliphatic carbocycles. The van der Waals surface area contributed by atoms with Gasteiger partial charge >= 0.3 is 11.9 Å². The van der Waals surface area contributed by atoms with Gasteiger partial charge in [-0.15, -0.1) is 0 Å². The predicted molar refractivity (Wildman–Crippen MR) is 147 cm³/mol. The first-order chi connectivity index (χ1) is 20.2. The van der Waals surface area contributed by atoms with Crippen LogP contribution < -0.4 is 21.3 Å². The molecule has 0 radical (unpaired) electrons. The van der Waals surface area contributed by atoms with Crippen LogP contribution in [0, 0.1) is 10.1 Å². The number of anilines is 1. The Morgan fingerprint density at radius 2 is 1.53 bits per heavy atom. The first-order valence-corrected chi connectivity index (χ1v) is 13.4. The summed E-state index contributed by atoms with van der Waals surface area (Å²) in [5, 5.41) is 38.4. The van der Waals surface area contributed by atoms with Crippen LogP contribution in [0.2, 0.25) is 0 Å². The molecule has 1 saturated heterocycles. The van der Waals surface area contributed by atoms with Crippen molar-refractivity contribution in [2.45, 2.75) is 76.5 Å². The van der Waals surface area contributed by atoms with E-state index in [0.717, 1.165) is 12.1 Å². The fourth-order valence-corrected chi connectivity index (χ4v) is 4.25. The second-order valence-corrected chi connectivity index (χ2v) is 9.89. The SMILES string of the molecule is CC(NC(=O)CCC(=O)O)C(=O)NC(C)C(=O)N1CCCC1C(=O)NC(CCC(=O)O)C(=O)Nc1ccc([N+](=O)[O-])cc1. The average molecular weight is 607 g/mol. The van der Waals surface area contributed by atoms with Gasteiger partial charge in [0.15, 0.2) is 0 Å². The predicted octanol–water partition coefficient (Wildman–Crippen LogP) is -0.252. The van der Waals surface area contributed by atoms with Gasteiger partial charge in [-0.25, -0.2) is 0 Å². The molecule has 1 fully saturated rings. The van der Waals surface area contributed by atoms with Crippen LogP contribution in [0.15, 0.2) is 24.3 Å². The van der Waals surface area contributed by atoms with Crippen molar-refractivity contribution in [2.24, 2.45) is 0 Å². The Morgan fingerprint density at radius 3 is 2.12 bits per heavy atom. The highest BCUT2D eigenvalue weighted by molar-refractivity contribution is 5.99. The molecule has 234 valence electrons. The number of amides is 5. The molecule has 1 heterocycles. The number of carboxylic acids is 2. The second-order valence-electron chi connectivity index (χ2n) is 9.89. The van der Waals surface area contributed by atoms with E-state index in [4.69, 9.17) is 10.2 Å². The minimum Gasteiger partial charge on any atom is -0.481 e. The van der Waals surface area contributed by atoms with Gasteiger partial charge in [-0.1, -0.05) is 0 Å². The minimum atomic E-state index is -1.31. The minimum absolute atomic E-state index is 0.174. The summed E-state index contributed by atoms with van der Waals surface area (Å²) in [5.41, 5.74) is -0.0280. The van der Waals surface area contributed by atoms with Gasteiger partial charge < -0.3 is 36.4 Å². The molecule has 5 amide bonds. The topological polar surface area (TPSA) is 254 Å². The summed E-state index contributed by atoms with van der Waals surface area (Å²) in [6.45, 7) is 2.92. The summed E-state index contributed by atoms with van der Waals surface area (Å²) in [4.78, 5) is 96.8. The van der Waals surface area contributed by atoms with Crippen molar-refractivity contribution in [1.82, 2.24) is 20.9 Å². The summed E-state index contributed by atoms with van der Waals surface area (Å²) in [6, 6.07) is 0.389. The third-order valence-electron chi connectivity index (χ3n) is 6.53. The maximum Gasteiger partial charge on any atom is 0.303 e. The van der Waals surface area contributed by atoms with Crippen molar-refractivity contribution in [3.63, 3.8) is 0 Å². The Labute approximate surface area is 245 Å². The molecule has 2 rings (SSSR count). The number of likely N-dealkylation sites (tertiary alicyclic amines) is 1. The fraction of sp³-hybridized carbons (Fsp3) is 0.500. The Bertz CT molecular complexity index is 1250. The van der Waals surface area contributed by atoms with E-state index in [0.29, 0.717) is 6.42 Å². The number of nitro benzene ring substituents is 1. The molecule has 0 bridgehead atoms. The molecule has 1 aromatic carbocycles. The molecule has 17 nitrogen and oxygen atoms in total. The molecule has 6 N–H and O–H groups in total. The molecular weight excluding hydrogens is 572 g/mol. The zero-order valence-corrected chi connectivity index (χ0v) is 23.5. The van der Waals surface area contributed by atoms with Crippen LogP contribution in [-0.4, -0.2) is 92.2 Å². The van der Waals surface area contributed by atoms with E-state index in [2.05, 4.69) is 21.3 Å². The number of rotatable bonds is 15. The van der Waals surface area contributed by atoms with E-state index >= 15 is 0 Å². The average Bonchev–Trinajstić information content (AvgIpc) is 3.43. The second kappa shape index (κ2) is 15.8. The van der Waals surface area contributed by atoms with Gasteiger partial charge in [0.05, 0.1) is 11.3 Å². The lowest BCUT2D eigenvalue weighted by Crippen LogP contribution is -2.56. The number of non-ortho nitro benzene ring substituents is 1. The van der Waals surface area contributed by atoms with Gasteiger partial charge in [0.25, 0.3) is 5.69 Å². The number of nitrogens with zero attached hydrogens (tertiary/aromatic N) is 2.